The Labute approximate surface area is 186 Å². The maximum atomic E-state index is 12.6. The smallest absolute Gasteiger partial charge is 0.410 e. The molecule has 0 fully saturated rings. The average molecular weight is 472 g/mol. The summed E-state index contributed by atoms with van der Waals surface area (Å²) in [5.41, 5.74) is 1.90. The Balaban J connectivity index is 2.11. The molecule has 1 atom stereocenters. The minimum atomic E-state index is -0.743. The van der Waals surface area contributed by atoms with E-state index in [1.54, 1.807) is 39.8 Å². The zero-order chi connectivity index (χ0) is 22.5. The van der Waals surface area contributed by atoms with Gasteiger partial charge in [0.1, 0.15) is 23.2 Å². The van der Waals surface area contributed by atoms with Gasteiger partial charge >= 0.3 is 6.09 Å². The summed E-state index contributed by atoms with van der Waals surface area (Å²) in [5, 5.41) is 2.73. The molecule has 158 valence electrons. The molecule has 1 heterocycles. The molecule has 0 radical (unpaired) electrons. The molecule has 0 aliphatic heterocycles. The SMILES string of the molecule is Cc1ccc(C#Cc2nc(NC(=O)C(C)N(C)C(=O)OC(C)(C)C)ccc2Br)cc1. The first kappa shape index (κ1) is 23.4. The van der Waals surface area contributed by atoms with Crippen molar-refractivity contribution >= 4 is 33.7 Å². The number of pyridine rings is 1. The summed E-state index contributed by atoms with van der Waals surface area (Å²) in [5.74, 6) is 6.05. The van der Waals surface area contributed by atoms with E-state index in [9.17, 15) is 9.59 Å². The zero-order valence-corrected chi connectivity index (χ0v) is 19.6. The van der Waals surface area contributed by atoms with Gasteiger partial charge in [-0.25, -0.2) is 9.78 Å². The lowest BCUT2D eigenvalue weighted by molar-refractivity contribution is -0.120. The van der Waals surface area contributed by atoms with Crippen LogP contribution in [0.1, 0.15) is 44.5 Å². The summed E-state index contributed by atoms with van der Waals surface area (Å²) in [7, 11) is 1.52. The van der Waals surface area contributed by atoms with Gasteiger partial charge in [-0.3, -0.25) is 9.69 Å². The monoisotopic (exact) mass is 471 g/mol. The number of rotatable bonds is 3. The number of aryl methyl sites for hydroxylation is 1. The van der Waals surface area contributed by atoms with E-state index >= 15 is 0 Å². The third-order valence-electron chi connectivity index (χ3n) is 4.12. The van der Waals surface area contributed by atoms with Gasteiger partial charge in [0, 0.05) is 12.6 Å². The Morgan fingerprint density at radius 2 is 1.77 bits per heavy atom. The lowest BCUT2D eigenvalue weighted by atomic mass is 10.1. The van der Waals surface area contributed by atoms with Crippen LogP contribution in [0.2, 0.25) is 0 Å². The summed E-state index contributed by atoms with van der Waals surface area (Å²) in [4.78, 5) is 30.4. The Hall–Kier alpha value is -2.85. The number of halogens is 1. The highest BCUT2D eigenvalue weighted by Crippen LogP contribution is 2.18. The predicted octanol–water partition coefficient (Wildman–Crippen LogP) is 4.75. The maximum Gasteiger partial charge on any atom is 0.410 e. The van der Waals surface area contributed by atoms with Crippen molar-refractivity contribution in [1.82, 2.24) is 9.88 Å². The van der Waals surface area contributed by atoms with Gasteiger partial charge in [-0.15, -0.1) is 0 Å². The van der Waals surface area contributed by atoms with E-state index in [0.29, 0.717) is 11.5 Å². The van der Waals surface area contributed by atoms with Crippen LogP contribution in [0.5, 0.6) is 0 Å². The highest BCUT2D eigenvalue weighted by Gasteiger charge is 2.27. The van der Waals surface area contributed by atoms with Gasteiger partial charge in [0.05, 0.1) is 4.47 Å². The number of hydrogen-bond acceptors (Lipinski definition) is 4. The van der Waals surface area contributed by atoms with Crippen LogP contribution in [0.25, 0.3) is 0 Å². The fourth-order valence-corrected chi connectivity index (χ4v) is 2.59. The molecule has 2 aromatic rings. The fraction of sp³-hybridized carbons (Fsp3) is 0.348. The molecular formula is C23H26BrN3O3. The van der Waals surface area contributed by atoms with Gasteiger partial charge in [0.15, 0.2) is 0 Å². The Morgan fingerprint density at radius 3 is 2.37 bits per heavy atom. The molecule has 7 heteroatoms. The van der Waals surface area contributed by atoms with E-state index in [4.69, 9.17) is 4.74 Å². The molecule has 6 nitrogen and oxygen atoms in total. The minimum Gasteiger partial charge on any atom is -0.444 e. The van der Waals surface area contributed by atoms with E-state index in [-0.39, 0.29) is 5.91 Å². The Bertz CT molecular complexity index is 985. The number of anilines is 1. The second-order valence-electron chi connectivity index (χ2n) is 7.90. The number of ether oxygens (including phenoxy) is 1. The number of aromatic nitrogens is 1. The number of amides is 2. The second kappa shape index (κ2) is 9.77. The molecule has 1 unspecified atom stereocenters. The van der Waals surface area contributed by atoms with Gasteiger partial charge in [0.2, 0.25) is 5.91 Å². The number of carbonyl (C=O) groups is 2. The van der Waals surface area contributed by atoms with E-state index in [0.717, 1.165) is 15.6 Å². The van der Waals surface area contributed by atoms with Crippen LogP contribution in [0.15, 0.2) is 40.9 Å². The number of nitrogens with zero attached hydrogens (tertiary/aromatic N) is 2. The fourth-order valence-electron chi connectivity index (χ4n) is 2.27. The maximum absolute atomic E-state index is 12.6. The summed E-state index contributed by atoms with van der Waals surface area (Å²) >= 11 is 3.43. The summed E-state index contributed by atoms with van der Waals surface area (Å²) in [6, 6.07) is 10.6. The van der Waals surface area contributed by atoms with Crippen molar-refractivity contribution < 1.29 is 14.3 Å². The number of hydrogen-bond donors (Lipinski definition) is 1. The van der Waals surface area contributed by atoms with Crippen molar-refractivity contribution in [3.63, 3.8) is 0 Å². The third-order valence-corrected chi connectivity index (χ3v) is 4.76. The molecule has 1 aromatic carbocycles. The van der Waals surface area contributed by atoms with Gasteiger partial charge in [0.25, 0.3) is 0 Å². The zero-order valence-electron chi connectivity index (χ0n) is 18.0. The van der Waals surface area contributed by atoms with E-state index in [2.05, 4.69) is 38.1 Å². The second-order valence-corrected chi connectivity index (χ2v) is 8.75. The van der Waals surface area contributed by atoms with Crippen molar-refractivity contribution in [1.29, 1.82) is 0 Å². The molecule has 0 saturated carbocycles. The van der Waals surface area contributed by atoms with Crippen LogP contribution in [0.4, 0.5) is 10.6 Å². The summed E-state index contributed by atoms with van der Waals surface area (Å²) < 4.78 is 6.03. The first-order chi connectivity index (χ1) is 14.0. The standard InChI is InChI=1S/C23H26BrN3O3/c1-15-7-9-17(10-8-15)11-13-19-18(24)12-14-20(25-19)26-21(28)16(2)27(6)22(29)30-23(3,4)5/h7-10,12,14,16H,1-6H3,(H,25,26,28). The molecule has 2 amide bonds. The van der Waals surface area contributed by atoms with Crippen molar-refractivity contribution in [3.05, 3.63) is 57.7 Å². The molecule has 30 heavy (non-hydrogen) atoms. The van der Waals surface area contributed by atoms with Crippen LogP contribution in [-0.4, -0.2) is 40.6 Å². The molecule has 0 aliphatic carbocycles. The van der Waals surface area contributed by atoms with Crippen LogP contribution < -0.4 is 5.32 Å². The van der Waals surface area contributed by atoms with Gasteiger partial charge in [-0.1, -0.05) is 23.6 Å². The molecular weight excluding hydrogens is 446 g/mol. The molecule has 0 saturated heterocycles. The van der Waals surface area contributed by atoms with E-state index in [1.165, 1.54) is 11.9 Å². The molecule has 0 spiro atoms. The first-order valence-electron chi connectivity index (χ1n) is 9.48. The van der Waals surface area contributed by atoms with Crippen molar-refractivity contribution in [2.45, 2.75) is 46.3 Å². The molecule has 0 aliphatic rings. The minimum absolute atomic E-state index is 0.348. The molecule has 0 bridgehead atoms. The number of carbonyl (C=O) groups excluding carboxylic acids is 2. The van der Waals surface area contributed by atoms with Crippen LogP contribution in [-0.2, 0) is 9.53 Å². The summed E-state index contributed by atoms with van der Waals surface area (Å²) in [6.07, 6.45) is -0.571. The van der Waals surface area contributed by atoms with Crippen molar-refractivity contribution in [2.75, 3.05) is 12.4 Å². The average Bonchev–Trinajstić information content (AvgIpc) is 2.67. The highest BCUT2D eigenvalue weighted by atomic mass is 79.9. The third kappa shape index (κ3) is 6.89. The predicted molar refractivity (Wildman–Crippen MR) is 121 cm³/mol. The molecule has 1 aromatic heterocycles. The quantitative estimate of drug-likeness (QED) is 0.655. The normalized spacial score (nSPS) is 11.7. The van der Waals surface area contributed by atoms with Crippen LogP contribution in [0, 0.1) is 18.8 Å². The highest BCUT2D eigenvalue weighted by molar-refractivity contribution is 9.10. The van der Waals surface area contributed by atoms with Crippen LogP contribution >= 0.6 is 15.9 Å². The van der Waals surface area contributed by atoms with Gasteiger partial charge in [-0.05, 0) is 80.7 Å². The number of benzene rings is 1. The summed E-state index contributed by atoms with van der Waals surface area (Å²) in [6.45, 7) is 8.95. The lowest BCUT2D eigenvalue weighted by Gasteiger charge is -2.28. The van der Waals surface area contributed by atoms with E-state index < -0.39 is 17.7 Å². The Morgan fingerprint density at radius 1 is 1.13 bits per heavy atom. The first-order valence-corrected chi connectivity index (χ1v) is 10.3. The molecule has 1 N–H and O–H groups in total. The number of likely N-dealkylation sites (N-methyl/N-ethyl adjacent to an activating group) is 1. The van der Waals surface area contributed by atoms with Gasteiger partial charge < -0.3 is 10.1 Å². The number of nitrogens with one attached hydrogen (secondary N) is 1. The van der Waals surface area contributed by atoms with Crippen molar-refractivity contribution in [2.24, 2.45) is 0 Å². The molecule has 2 rings (SSSR count). The van der Waals surface area contributed by atoms with Crippen molar-refractivity contribution in [3.8, 4) is 11.8 Å². The van der Waals surface area contributed by atoms with Crippen LogP contribution in [0.3, 0.4) is 0 Å². The van der Waals surface area contributed by atoms with Gasteiger partial charge in [-0.2, -0.15) is 0 Å². The lowest BCUT2D eigenvalue weighted by Crippen LogP contribution is -2.45. The van der Waals surface area contributed by atoms with E-state index in [1.807, 2.05) is 31.2 Å². The topological polar surface area (TPSA) is 71.5 Å². The Kier molecular flexibility index (Phi) is 7.63. The largest absolute Gasteiger partial charge is 0.444 e.